The minimum atomic E-state index is 0.251. The van der Waals surface area contributed by atoms with Crippen LogP contribution in [-0.4, -0.2) is 31.6 Å². The van der Waals surface area contributed by atoms with E-state index < -0.39 is 0 Å². The third-order valence-electron chi connectivity index (χ3n) is 4.42. The Balaban J connectivity index is 1.98. The number of nitrogens with zero attached hydrogens (tertiary/aromatic N) is 1. The maximum Gasteiger partial charge on any atom is 0.0640 e. The second-order valence-electron chi connectivity index (χ2n) is 6.82. The van der Waals surface area contributed by atoms with Crippen LogP contribution in [0.15, 0.2) is 18.2 Å². The minimum absolute atomic E-state index is 0.251. The summed E-state index contributed by atoms with van der Waals surface area (Å²) in [6.07, 6.45) is 3.68. The standard InChI is InChI=1S/C17H26Cl2N2/c1-17(2)9-5-10-21(12-17)11-8-15(20-3)13-6-4-7-14(18)16(13)19/h4,6-7,15,20H,5,8-12H2,1-3H3. The summed E-state index contributed by atoms with van der Waals surface area (Å²) in [6.45, 7) is 8.22. The highest BCUT2D eigenvalue weighted by molar-refractivity contribution is 6.42. The molecule has 1 N–H and O–H groups in total. The molecule has 1 aromatic rings. The molecule has 0 amide bonds. The average Bonchev–Trinajstić information content (AvgIpc) is 2.43. The van der Waals surface area contributed by atoms with Crippen LogP contribution in [0, 0.1) is 5.41 Å². The fraction of sp³-hybridized carbons (Fsp3) is 0.647. The van der Waals surface area contributed by atoms with Crippen molar-refractivity contribution in [2.75, 3.05) is 26.7 Å². The van der Waals surface area contributed by atoms with Gasteiger partial charge in [-0.05, 0) is 56.4 Å². The van der Waals surface area contributed by atoms with Crippen molar-refractivity contribution in [1.82, 2.24) is 10.2 Å². The van der Waals surface area contributed by atoms with Crippen LogP contribution in [0.2, 0.25) is 10.0 Å². The summed E-state index contributed by atoms with van der Waals surface area (Å²) in [4.78, 5) is 2.58. The highest BCUT2D eigenvalue weighted by Crippen LogP contribution is 2.32. The molecule has 0 bridgehead atoms. The van der Waals surface area contributed by atoms with Crippen LogP contribution in [0.1, 0.15) is 44.7 Å². The number of likely N-dealkylation sites (tertiary alicyclic amines) is 1. The van der Waals surface area contributed by atoms with Gasteiger partial charge in [-0.2, -0.15) is 0 Å². The summed E-state index contributed by atoms with van der Waals surface area (Å²) in [5.74, 6) is 0. The third kappa shape index (κ3) is 4.59. The van der Waals surface area contributed by atoms with Gasteiger partial charge in [-0.3, -0.25) is 0 Å². The highest BCUT2D eigenvalue weighted by Gasteiger charge is 2.26. The molecular weight excluding hydrogens is 303 g/mol. The topological polar surface area (TPSA) is 15.3 Å². The van der Waals surface area contributed by atoms with E-state index in [1.54, 1.807) is 0 Å². The molecule has 1 aliphatic rings. The van der Waals surface area contributed by atoms with E-state index in [1.165, 1.54) is 25.9 Å². The van der Waals surface area contributed by atoms with Crippen molar-refractivity contribution in [3.05, 3.63) is 33.8 Å². The number of rotatable bonds is 5. The molecule has 0 aliphatic carbocycles. The molecule has 4 heteroatoms. The van der Waals surface area contributed by atoms with Gasteiger partial charge in [0.1, 0.15) is 0 Å². The number of halogens is 2. The van der Waals surface area contributed by atoms with Gasteiger partial charge in [0.15, 0.2) is 0 Å². The molecule has 0 saturated carbocycles. The van der Waals surface area contributed by atoms with Gasteiger partial charge in [-0.1, -0.05) is 49.2 Å². The second kappa shape index (κ2) is 7.32. The van der Waals surface area contributed by atoms with Crippen LogP contribution in [0.3, 0.4) is 0 Å². The molecule has 1 aliphatic heterocycles. The van der Waals surface area contributed by atoms with E-state index in [9.17, 15) is 0 Å². The number of piperidine rings is 1. The molecule has 2 nitrogen and oxygen atoms in total. The Morgan fingerprint density at radius 2 is 2.10 bits per heavy atom. The normalized spacial score (nSPS) is 20.4. The maximum absolute atomic E-state index is 6.35. The van der Waals surface area contributed by atoms with Crippen molar-refractivity contribution in [2.24, 2.45) is 5.41 Å². The van der Waals surface area contributed by atoms with Crippen LogP contribution >= 0.6 is 23.2 Å². The molecule has 1 fully saturated rings. The molecular formula is C17H26Cl2N2. The van der Waals surface area contributed by atoms with Crippen molar-refractivity contribution in [3.8, 4) is 0 Å². The van der Waals surface area contributed by atoms with Crippen molar-refractivity contribution in [2.45, 2.75) is 39.2 Å². The first-order chi connectivity index (χ1) is 9.93. The van der Waals surface area contributed by atoms with Gasteiger partial charge in [0.2, 0.25) is 0 Å². The SMILES string of the molecule is CNC(CCN1CCCC(C)(C)C1)c1cccc(Cl)c1Cl. The first kappa shape index (κ1) is 17.1. The fourth-order valence-corrected chi connectivity index (χ4v) is 3.73. The first-order valence-corrected chi connectivity index (χ1v) is 8.52. The van der Waals surface area contributed by atoms with Gasteiger partial charge in [-0.15, -0.1) is 0 Å². The lowest BCUT2D eigenvalue weighted by molar-refractivity contribution is 0.113. The molecule has 2 rings (SSSR count). The Morgan fingerprint density at radius 1 is 1.33 bits per heavy atom. The number of benzene rings is 1. The largest absolute Gasteiger partial charge is 0.313 e. The van der Waals surface area contributed by atoms with Gasteiger partial charge in [-0.25, -0.2) is 0 Å². The predicted octanol–water partition coefficient (Wildman–Crippen LogP) is 4.77. The van der Waals surface area contributed by atoms with E-state index in [-0.39, 0.29) is 6.04 Å². The molecule has 1 aromatic carbocycles. The van der Waals surface area contributed by atoms with Crippen molar-refractivity contribution in [1.29, 1.82) is 0 Å². The molecule has 1 atom stereocenters. The van der Waals surface area contributed by atoms with Gasteiger partial charge >= 0.3 is 0 Å². The van der Waals surface area contributed by atoms with Crippen LogP contribution in [0.5, 0.6) is 0 Å². The van der Waals surface area contributed by atoms with E-state index in [2.05, 4.69) is 30.1 Å². The Bertz CT molecular complexity index is 474. The van der Waals surface area contributed by atoms with Gasteiger partial charge in [0.25, 0.3) is 0 Å². The zero-order valence-electron chi connectivity index (χ0n) is 13.3. The van der Waals surface area contributed by atoms with Crippen LogP contribution in [-0.2, 0) is 0 Å². The summed E-state index contributed by atoms with van der Waals surface area (Å²) >= 11 is 12.5. The Hall–Kier alpha value is -0.280. The van der Waals surface area contributed by atoms with E-state index in [0.717, 1.165) is 18.5 Å². The second-order valence-corrected chi connectivity index (χ2v) is 7.60. The van der Waals surface area contributed by atoms with Gasteiger partial charge < -0.3 is 10.2 Å². The average molecular weight is 329 g/mol. The monoisotopic (exact) mass is 328 g/mol. The Kier molecular flexibility index (Phi) is 5.96. The zero-order valence-corrected chi connectivity index (χ0v) is 14.8. The molecule has 118 valence electrons. The lowest BCUT2D eigenvalue weighted by atomic mass is 9.84. The summed E-state index contributed by atoms with van der Waals surface area (Å²) in [7, 11) is 1.99. The van der Waals surface area contributed by atoms with Crippen molar-refractivity contribution >= 4 is 23.2 Å². The molecule has 0 aromatic heterocycles. The maximum atomic E-state index is 6.35. The molecule has 1 unspecified atom stereocenters. The molecule has 1 saturated heterocycles. The molecule has 21 heavy (non-hydrogen) atoms. The van der Waals surface area contributed by atoms with Gasteiger partial charge in [0, 0.05) is 12.6 Å². The van der Waals surface area contributed by atoms with Gasteiger partial charge in [0.05, 0.1) is 10.0 Å². The highest BCUT2D eigenvalue weighted by atomic mass is 35.5. The molecule has 0 spiro atoms. The summed E-state index contributed by atoms with van der Waals surface area (Å²) < 4.78 is 0. The fourth-order valence-electron chi connectivity index (χ4n) is 3.29. The van der Waals surface area contributed by atoms with E-state index >= 15 is 0 Å². The first-order valence-electron chi connectivity index (χ1n) is 7.76. The smallest absolute Gasteiger partial charge is 0.0640 e. The zero-order chi connectivity index (χ0) is 15.5. The van der Waals surface area contributed by atoms with E-state index in [4.69, 9.17) is 23.2 Å². The van der Waals surface area contributed by atoms with Crippen LogP contribution in [0.25, 0.3) is 0 Å². The van der Waals surface area contributed by atoms with Crippen LogP contribution in [0.4, 0.5) is 0 Å². The lowest BCUT2D eigenvalue weighted by Crippen LogP contribution is -2.41. The quantitative estimate of drug-likeness (QED) is 0.837. The summed E-state index contributed by atoms with van der Waals surface area (Å²) in [5.41, 5.74) is 1.55. The Labute approximate surface area is 138 Å². The van der Waals surface area contributed by atoms with Crippen molar-refractivity contribution < 1.29 is 0 Å². The third-order valence-corrected chi connectivity index (χ3v) is 5.25. The van der Waals surface area contributed by atoms with Crippen molar-refractivity contribution in [3.63, 3.8) is 0 Å². The minimum Gasteiger partial charge on any atom is -0.313 e. The summed E-state index contributed by atoms with van der Waals surface area (Å²) in [6, 6.07) is 6.13. The predicted molar refractivity (Wildman–Crippen MR) is 92.3 cm³/mol. The van der Waals surface area contributed by atoms with E-state index in [1.807, 2.05) is 19.2 Å². The summed E-state index contributed by atoms with van der Waals surface area (Å²) in [5, 5.41) is 4.69. The molecule has 0 radical (unpaired) electrons. The Morgan fingerprint density at radius 3 is 2.76 bits per heavy atom. The number of nitrogens with one attached hydrogen (secondary N) is 1. The molecule has 1 heterocycles. The number of hydrogen-bond acceptors (Lipinski definition) is 2. The van der Waals surface area contributed by atoms with E-state index in [0.29, 0.717) is 15.5 Å². The lowest BCUT2D eigenvalue weighted by Gasteiger charge is -2.38. The van der Waals surface area contributed by atoms with Crippen LogP contribution < -0.4 is 5.32 Å². The number of hydrogen-bond donors (Lipinski definition) is 1.